The number of pyridine rings is 1. The lowest BCUT2D eigenvalue weighted by Gasteiger charge is -2.07. The molecule has 0 unspecified atom stereocenters. The number of benzene rings is 1. The third kappa shape index (κ3) is 3.13. The molecule has 130 valence electrons. The topological polar surface area (TPSA) is 111 Å². The summed E-state index contributed by atoms with van der Waals surface area (Å²) in [6.07, 6.45) is 3.45. The van der Waals surface area contributed by atoms with Crippen molar-refractivity contribution in [3.8, 4) is 5.75 Å². The van der Waals surface area contributed by atoms with Crippen molar-refractivity contribution in [1.82, 2.24) is 14.3 Å². The molecule has 0 atom stereocenters. The molecule has 0 radical (unpaired) electrons. The van der Waals surface area contributed by atoms with Crippen LogP contribution in [-0.4, -0.2) is 35.6 Å². The fourth-order valence-electron chi connectivity index (χ4n) is 2.40. The van der Waals surface area contributed by atoms with Crippen LogP contribution in [0.1, 0.15) is 5.56 Å². The number of aromatic nitrogens is 2. The van der Waals surface area contributed by atoms with Crippen molar-refractivity contribution in [3.05, 3.63) is 54.5 Å². The summed E-state index contributed by atoms with van der Waals surface area (Å²) >= 11 is 0. The van der Waals surface area contributed by atoms with Crippen LogP contribution in [0.15, 0.2) is 53.8 Å². The lowest BCUT2D eigenvalue weighted by molar-refractivity contribution is 0.142. The standard InChI is InChI=1S/C16H15N3O5S/c1-17-16(21)24-10-11-9-19(15-7-12(20)4-5-14(11)15)25(22,23)13-3-2-6-18-8-13/h2-9,20H,10H2,1H3,(H,17,21). The molecule has 3 rings (SSSR count). The molecule has 25 heavy (non-hydrogen) atoms. The second-order valence-corrected chi connectivity index (χ2v) is 6.99. The van der Waals surface area contributed by atoms with Crippen molar-refractivity contribution in [1.29, 1.82) is 0 Å². The monoisotopic (exact) mass is 361 g/mol. The molecule has 8 nitrogen and oxygen atoms in total. The number of carbonyl (C=O) groups excluding carboxylic acids is 1. The SMILES string of the molecule is CNC(=O)OCc1cn(S(=O)(=O)c2cccnc2)c2cc(O)ccc12. The molecular weight excluding hydrogens is 346 g/mol. The van der Waals surface area contributed by atoms with Crippen LogP contribution in [0.2, 0.25) is 0 Å². The Balaban J connectivity index is 2.15. The lowest BCUT2D eigenvalue weighted by atomic mass is 10.2. The molecule has 1 amide bonds. The van der Waals surface area contributed by atoms with Crippen LogP contribution in [0, 0.1) is 0 Å². The van der Waals surface area contributed by atoms with E-state index in [1.807, 2.05) is 0 Å². The number of carbonyl (C=O) groups is 1. The highest BCUT2D eigenvalue weighted by Gasteiger charge is 2.22. The Hall–Kier alpha value is -3.07. The maximum atomic E-state index is 12.9. The number of hydrogen-bond donors (Lipinski definition) is 2. The van der Waals surface area contributed by atoms with Gasteiger partial charge in [-0.2, -0.15) is 0 Å². The zero-order chi connectivity index (χ0) is 18.0. The average molecular weight is 361 g/mol. The summed E-state index contributed by atoms with van der Waals surface area (Å²) in [6, 6.07) is 7.30. The molecular formula is C16H15N3O5S. The van der Waals surface area contributed by atoms with Crippen LogP contribution in [-0.2, 0) is 21.4 Å². The summed E-state index contributed by atoms with van der Waals surface area (Å²) in [4.78, 5) is 15.1. The van der Waals surface area contributed by atoms with Crippen LogP contribution >= 0.6 is 0 Å². The number of aromatic hydroxyl groups is 1. The molecule has 0 aliphatic rings. The first kappa shape index (κ1) is 16.8. The van der Waals surface area contributed by atoms with E-state index in [0.717, 1.165) is 3.97 Å². The zero-order valence-electron chi connectivity index (χ0n) is 13.2. The summed E-state index contributed by atoms with van der Waals surface area (Å²) in [5, 5.41) is 12.6. The van der Waals surface area contributed by atoms with Crippen LogP contribution in [0.5, 0.6) is 5.75 Å². The smallest absolute Gasteiger partial charge is 0.407 e. The van der Waals surface area contributed by atoms with E-state index in [4.69, 9.17) is 4.74 Å². The van der Waals surface area contributed by atoms with Gasteiger partial charge < -0.3 is 15.2 Å². The van der Waals surface area contributed by atoms with Gasteiger partial charge in [-0.25, -0.2) is 17.2 Å². The number of amides is 1. The molecule has 0 aliphatic carbocycles. The Morgan fingerprint density at radius 3 is 2.84 bits per heavy atom. The quantitative estimate of drug-likeness (QED) is 0.733. The number of nitrogens with one attached hydrogen (secondary N) is 1. The Morgan fingerprint density at radius 2 is 2.16 bits per heavy atom. The van der Waals surface area contributed by atoms with Crippen molar-refractivity contribution in [2.75, 3.05) is 7.05 Å². The largest absolute Gasteiger partial charge is 0.508 e. The van der Waals surface area contributed by atoms with Gasteiger partial charge in [0, 0.05) is 42.7 Å². The summed E-state index contributed by atoms with van der Waals surface area (Å²) < 4.78 is 31.8. The minimum atomic E-state index is -3.92. The molecule has 1 aromatic carbocycles. The third-order valence-corrected chi connectivity index (χ3v) is 5.25. The number of fused-ring (bicyclic) bond motifs is 1. The highest BCUT2D eigenvalue weighted by Crippen LogP contribution is 2.29. The first-order valence-corrected chi connectivity index (χ1v) is 8.70. The van der Waals surface area contributed by atoms with Crippen molar-refractivity contribution < 1.29 is 23.1 Å². The number of hydrogen-bond acceptors (Lipinski definition) is 6. The predicted octanol–water partition coefficient (Wildman–Crippen LogP) is 1.83. The molecule has 0 fully saturated rings. The Morgan fingerprint density at radius 1 is 1.36 bits per heavy atom. The number of ether oxygens (including phenoxy) is 1. The van der Waals surface area contributed by atoms with Crippen LogP contribution in [0.3, 0.4) is 0 Å². The van der Waals surface area contributed by atoms with Gasteiger partial charge in [-0.15, -0.1) is 0 Å². The van der Waals surface area contributed by atoms with Gasteiger partial charge >= 0.3 is 6.09 Å². The maximum Gasteiger partial charge on any atom is 0.407 e. The van der Waals surface area contributed by atoms with Gasteiger partial charge in [-0.3, -0.25) is 4.98 Å². The van der Waals surface area contributed by atoms with Gasteiger partial charge in [0.2, 0.25) is 0 Å². The minimum absolute atomic E-state index is 0.00834. The summed E-state index contributed by atoms with van der Waals surface area (Å²) in [5.41, 5.74) is 0.769. The van der Waals surface area contributed by atoms with Gasteiger partial charge in [0.15, 0.2) is 0 Å². The van der Waals surface area contributed by atoms with Crippen LogP contribution in [0.25, 0.3) is 10.9 Å². The van der Waals surface area contributed by atoms with Crippen molar-refractivity contribution in [2.24, 2.45) is 0 Å². The second kappa shape index (κ2) is 6.44. The molecule has 0 aliphatic heterocycles. The molecule has 0 spiro atoms. The van der Waals surface area contributed by atoms with Crippen molar-refractivity contribution in [3.63, 3.8) is 0 Å². The van der Waals surface area contributed by atoms with Gasteiger partial charge in [0.1, 0.15) is 17.3 Å². The van der Waals surface area contributed by atoms with Crippen LogP contribution < -0.4 is 5.32 Å². The van der Waals surface area contributed by atoms with E-state index in [2.05, 4.69) is 10.3 Å². The summed E-state index contributed by atoms with van der Waals surface area (Å²) in [7, 11) is -2.49. The normalized spacial score (nSPS) is 11.4. The Kier molecular flexibility index (Phi) is 4.32. The Labute approximate surface area is 143 Å². The third-order valence-electron chi connectivity index (χ3n) is 3.59. The molecule has 3 aromatic rings. The molecule has 9 heteroatoms. The number of phenols is 1. The molecule has 0 saturated carbocycles. The van der Waals surface area contributed by atoms with Crippen LogP contribution in [0.4, 0.5) is 4.79 Å². The highest BCUT2D eigenvalue weighted by molar-refractivity contribution is 7.90. The lowest BCUT2D eigenvalue weighted by Crippen LogP contribution is -2.18. The first-order valence-electron chi connectivity index (χ1n) is 7.26. The first-order chi connectivity index (χ1) is 11.9. The van der Waals surface area contributed by atoms with Gasteiger partial charge in [0.25, 0.3) is 10.0 Å². The number of rotatable bonds is 4. The summed E-state index contributed by atoms with van der Waals surface area (Å²) in [6.45, 7) is -0.115. The molecule has 0 saturated heterocycles. The van der Waals surface area contributed by atoms with E-state index in [9.17, 15) is 18.3 Å². The van der Waals surface area contributed by atoms with Gasteiger partial charge in [-0.05, 0) is 24.3 Å². The number of nitrogens with zero attached hydrogens (tertiary/aromatic N) is 2. The Bertz CT molecular complexity index is 1030. The highest BCUT2D eigenvalue weighted by atomic mass is 32.2. The van der Waals surface area contributed by atoms with E-state index >= 15 is 0 Å². The fourth-order valence-corrected chi connectivity index (χ4v) is 3.74. The van der Waals surface area contributed by atoms with E-state index in [1.165, 1.54) is 49.9 Å². The molecule has 2 heterocycles. The van der Waals surface area contributed by atoms with Gasteiger partial charge in [0.05, 0.1) is 5.52 Å². The minimum Gasteiger partial charge on any atom is -0.508 e. The predicted molar refractivity (Wildman–Crippen MR) is 89.7 cm³/mol. The van der Waals surface area contributed by atoms with Crippen molar-refractivity contribution in [2.45, 2.75) is 11.5 Å². The molecule has 2 N–H and O–H groups in total. The molecule has 2 aromatic heterocycles. The molecule has 0 bridgehead atoms. The van der Waals surface area contributed by atoms with E-state index in [1.54, 1.807) is 6.07 Å². The fraction of sp³-hybridized carbons (Fsp3) is 0.125. The summed E-state index contributed by atoms with van der Waals surface area (Å²) in [5.74, 6) is -0.0768. The van der Waals surface area contributed by atoms with Gasteiger partial charge in [-0.1, -0.05) is 0 Å². The van der Waals surface area contributed by atoms with Crippen molar-refractivity contribution >= 4 is 27.0 Å². The van der Waals surface area contributed by atoms with E-state index in [-0.39, 0.29) is 22.8 Å². The van der Waals surface area contributed by atoms with E-state index < -0.39 is 16.1 Å². The zero-order valence-corrected chi connectivity index (χ0v) is 14.0. The second-order valence-electron chi connectivity index (χ2n) is 5.17. The number of phenolic OH excluding ortho intramolecular Hbond substituents is 1. The maximum absolute atomic E-state index is 12.9. The number of alkyl carbamates (subject to hydrolysis) is 1. The average Bonchev–Trinajstić information content (AvgIpc) is 2.98. The van der Waals surface area contributed by atoms with E-state index in [0.29, 0.717) is 10.9 Å².